The maximum atomic E-state index is 13.7. The van der Waals surface area contributed by atoms with Crippen LogP contribution in [0.25, 0.3) is 0 Å². The predicted molar refractivity (Wildman–Crippen MR) is 133 cm³/mol. The number of aromatic hydroxyl groups is 1. The normalized spacial score (nSPS) is 21.1. The first kappa shape index (κ1) is 23.8. The number of amides is 2. The Morgan fingerprint density at radius 3 is 2.36 bits per heavy atom. The molecule has 3 atom stereocenters. The van der Waals surface area contributed by atoms with Crippen molar-refractivity contribution in [2.75, 3.05) is 16.6 Å². The minimum absolute atomic E-state index is 0.0415. The molecule has 3 aromatic carbocycles. The van der Waals surface area contributed by atoms with Crippen LogP contribution in [0.4, 0.5) is 11.4 Å². The largest absolute Gasteiger partial charge is 0.503 e. The summed E-state index contributed by atoms with van der Waals surface area (Å²) in [5.74, 6) is -2.87. The summed E-state index contributed by atoms with van der Waals surface area (Å²) in [6.45, 7) is 2.11. The summed E-state index contributed by atoms with van der Waals surface area (Å²) >= 11 is 3.36. The van der Waals surface area contributed by atoms with Crippen LogP contribution in [0.3, 0.4) is 0 Å². The number of phenolic OH excluding ortho intramolecular Hbond substituents is 1. The number of carbonyl (C=O) groups is 3. The van der Waals surface area contributed by atoms with Crippen LogP contribution < -0.4 is 14.7 Å². The molecule has 0 aromatic heterocycles. The van der Waals surface area contributed by atoms with E-state index < -0.39 is 35.8 Å². The Morgan fingerprint density at radius 2 is 1.72 bits per heavy atom. The van der Waals surface area contributed by atoms with Gasteiger partial charge in [-0.15, -0.1) is 0 Å². The first-order chi connectivity index (χ1) is 17.3. The molecule has 0 saturated carbocycles. The Labute approximate surface area is 214 Å². The van der Waals surface area contributed by atoms with Gasteiger partial charge in [-0.1, -0.05) is 18.2 Å². The average molecular weight is 553 g/mol. The number of imide groups is 1. The molecular formula is C26H21BrN2O7. The molecule has 10 heteroatoms. The van der Waals surface area contributed by atoms with E-state index in [0.717, 1.165) is 4.90 Å². The van der Waals surface area contributed by atoms with Crippen LogP contribution in [-0.2, 0) is 14.4 Å². The molecule has 0 bridgehead atoms. The molecule has 3 aromatic rings. The second kappa shape index (κ2) is 9.29. The maximum absolute atomic E-state index is 13.7. The summed E-state index contributed by atoms with van der Waals surface area (Å²) in [4.78, 5) is 45.5. The van der Waals surface area contributed by atoms with Gasteiger partial charge < -0.3 is 14.9 Å². The van der Waals surface area contributed by atoms with Crippen LogP contribution >= 0.6 is 15.9 Å². The number of carboxylic acids is 1. The number of fused-ring (bicyclic) bond motifs is 1. The molecule has 36 heavy (non-hydrogen) atoms. The number of carboxylic acid groups (broad SMARTS) is 1. The summed E-state index contributed by atoms with van der Waals surface area (Å²) in [6, 6.07) is 17.2. The number of anilines is 2. The SMILES string of the molecule is CCOc1cc([C@H]2[C@@H]3C(=O)N(c4ccc(C(=O)O)cc4)C(=O)[C@H]3ON2c2ccccc2)cc(Br)c1O. The summed E-state index contributed by atoms with van der Waals surface area (Å²) in [5, 5.41) is 21.1. The minimum Gasteiger partial charge on any atom is -0.503 e. The molecule has 5 rings (SSSR count). The van der Waals surface area contributed by atoms with Gasteiger partial charge in [0.25, 0.3) is 5.91 Å². The Balaban J connectivity index is 1.59. The third kappa shape index (κ3) is 3.88. The standard InChI is InChI=1S/C26H21BrN2O7/c1-2-35-19-13-15(12-18(27)22(19)30)21-20-23(36-29(21)17-6-4-3-5-7-17)25(32)28(24(20)31)16-10-8-14(9-11-16)26(33)34/h3-13,20-21,23,30H,2H2,1H3,(H,33,34)/t20-,21-,23-/m0/s1. The Hall–Kier alpha value is -3.89. The van der Waals surface area contributed by atoms with Crippen molar-refractivity contribution < 1.29 is 34.2 Å². The molecule has 0 unspecified atom stereocenters. The van der Waals surface area contributed by atoms with Gasteiger partial charge >= 0.3 is 5.97 Å². The monoisotopic (exact) mass is 552 g/mol. The molecule has 2 aliphatic heterocycles. The van der Waals surface area contributed by atoms with Gasteiger partial charge in [0, 0.05) is 0 Å². The van der Waals surface area contributed by atoms with Gasteiger partial charge in [0.1, 0.15) is 5.92 Å². The molecule has 9 nitrogen and oxygen atoms in total. The molecule has 0 aliphatic carbocycles. The van der Waals surface area contributed by atoms with Gasteiger partial charge in [-0.05, 0) is 76.9 Å². The van der Waals surface area contributed by atoms with Crippen molar-refractivity contribution in [3.8, 4) is 11.5 Å². The quantitative estimate of drug-likeness (QED) is 0.434. The second-order valence-corrected chi connectivity index (χ2v) is 9.16. The summed E-state index contributed by atoms with van der Waals surface area (Å²) in [7, 11) is 0. The zero-order valence-corrected chi connectivity index (χ0v) is 20.6. The van der Waals surface area contributed by atoms with E-state index in [0.29, 0.717) is 22.3 Å². The number of hydrogen-bond acceptors (Lipinski definition) is 7. The molecule has 2 aliphatic rings. The molecule has 2 saturated heterocycles. The van der Waals surface area contributed by atoms with Crippen molar-refractivity contribution in [2.24, 2.45) is 5.92 Å². The molecule has 2 heterocycles. The third-order valence-electron chi connectivity index (χ3n) is 6.19. The van der Waals surface area contributed by atoms with Crippen molar-refractivity contribution >= 4 is 45.1 Å². The van der Waals surface area contributed by atoms with E-state index in [-0.39, 0.29) is 22.7 Å². The van der Waals surface area contributed by atoms with Gasteiger partial charge in [0.2, 0.25) is 5.91 Å². The van der Waals surface area contributed by atoms with Crippen molar-refractivity contribution in [3.63, 3.8) is 0 Å². The van der Waals surface area contributed by atoms with Crippen LogP contribution in [0.1, 0.15) is 28.9 Å². The lowest BCUT2D eigenvalue weighted by atomic mass is 9.90. The molecule has 2 fully saturated rings. The second-order valence-electron chi connectivity index (χ2n) is 8.30. The van der Waals surface area contributed by atoms with E-state index in [4.69, 9.17) is 9.57 Å². The Morgan fingerprint density at radius 1 is 1.03 bits per heavy atom. The predicted octanol–water partition coefficient (Wildman–Crippen LogP) is 4.30. The van der Waals surface area contributed by atoms with Crippen LogP contribution in [-0.4, -0.2) is 40.7 Å². The van der Waals surface area contributed by atoms with E-state index in [1.165, 1.54) is 24.3 Å². The number of hydrogen-bond donors (Lipinski definition) is 2. The number of hydroxylamine groups is 1. The molecule has 0 radical (unpaired) electrons. The van der Waals surface area contributed by atoms with Gasteiger partial charge in [-0.3, -0.25) is 14.4 Å². The molecule has 2 N–H and O–H groups in total. The molecule has 2 amide bonds. The van der Waals surface area contributed by atoms with E-state index in [9.17, 15) is 24.6 Å². The van der Waals surface area contributed by atoms with Gasteiger partial charge in [-0.25, -0.2) is 14.8 Å². The minimum atomic E-state index is -1.11. The highest BCUT2D eigenvalue weighted by molar-refractivity contribution is 9.10. The number of rotatable bonds is 6. The summed E-state index contributed by atoms with van der Waals surface area (Å²) in [6.07, 6.45) is -1.09. The fraction of sp³-hybridized carbons (Fsp3) is 0.192. The fourth-order valence-corrected chi connectivity index (χ4v) is 5.05. The third-order valence-corrected chi connectivity index (χ3v) is 6.80. The summed E-state index contributed by atoms with van der Waals surface area (Å²) in [5.41, 5.74) is 1.56. The highest BCUT2D eigenvalue weighted by Gasteiger charge is 2.60. The first-order valence-corrected chi connectivity index (χ1v) is 12.0. The highest BCUT2D eigenvalue weighted by Crippen LogP contribution is 2.49. The number of nitrogens with zero attached hydrogens (tertiary/aromatic N) is 2. The zero-order valence-electron chi connectivity index (χ0n) is 19.0. The smallest absolute Gasteiger partial charge is 0.335 e. The average Bonchev–Trinajstić information content (AvgIpc) is 3.38. The molecular weight excluding hydrogens is 532 g/mol. The number of aromatic carboxylic acids is 1. The van der Waals surface area contributed by atoms with Crippen LogP contribution in [0.5, 0.6) is 11.5 Å². The van der Waals surface area contributed by atoms with E-state index >= 15 is 0 Å². The lowest BCUT2D eigenvalue weighted by Crippen LogP contribution is -2.37. The molecule has 184 valence electrons. The molecule has 0 spiro atoms. The van der Waals surface area contributed by atoms with Gasteiger partial charge in [-0.2, -0.15) is 0 Å². The van der Waals surface area contributed by atoms with Crippen LogP contribution in [0.15, 0.2) is 71.2 Å². The van der Waals surface area contributed by atoms with Crippen LogP contribution in [0.2, 0.25) is 0 Å². The maximum Gasteiger partial charge on any atom is 0.335 e. The lowest BCUT2D eigenvalue weighted by Gasteiger charge is -2.29. The van der Waals surface area contributed by atoms with E-state index in [2.05, 4.69) is 15.9 Å². The number of halogens is 1. The van der Waals surface area contributed by atoms with Crippen LogP contribution in [0, 0.1) is 5.92 Å². The number of benzene rings is 3. The Kier molecular flexibility index (Phi) is 6.15. The number of ether oxygens (including phenoxy) is 1. The van der Waals surface area contributed by atoms with Crippen molar-refractivity contribution in [1.82, 2.24) is 0 Å². The number of phenols is 1. The lowest BCUT2D eigenvalue weighted by molar-refractivity contribution is -0.126. The fourth-order valence-electron chi connectivity index (χ4n) is 4.59. The first-order valence-electron chi connectivity index (χ1n) is 11.2. The Bertz CT molecular complexity index is 1350. The van der Waals surface area contributed by atoms with Gasteiger partial charge in [0.05, 0.1) is 34.1 Å². The summed E-state index contributed by atoms with van der Waals surface area (Å²) < 4.78 is 5.96. The van der Waals surface area contributed by atoms with E-state index in [1.807, 2.05) is 30.3 Å². The van der Waals surface area contributed by atoms with E-state index in [1.54, 1.807) is 24.1 Å². The van der Waals surface area contributed by atoms with Crippen molar-refractivity contribution in [2.45, 2.75) is 19.1 Å². The highest BCUT2D eigenvalue weighted by atomic mass is 79.9. The number of para-hydroxylation sites is 1. The number of carbonyl (C=O) groups excluding carboxylic acids is 2. The van der Waals surface area contributed by atoms with Gasteiger partial charge in [0.15, 0.2) is 17.6 Å². The topological polar surface area (TPSA) is 117 Å². The zero-order chi connectivity index (χ0) is 25.6. The van der Waals surface area contributed by atoms with Crippen molar-refractivity contribution in [3.05, 3.63) is 82.3 Å². The van der Waals surface area contributed by atoms with Crippen molar-refractivity contribution in [1.29, 1.82) is 0 Å².